The topological polar surface area (TPSA) is 12.9 Å². The van der Waals surface area contributed by atoms with Crippen LogP contribution < -0.4 is 0 Å². The molecule has 1 aromatic rings. The van der Waals surface area contributed by atoms with Crippen LogP contribution >= 0.6 is 0 Å². The zero-order valence-corrected chi connectivity index (χ0v) is 8.91. The van der Waals surface area contributed by atoms with Gasteiger partial charge in [0.1, 0.15) is 0 Å². The molecular formula is C13H15N. The lowest BCUT2D eigenvalue weighted by atomic mass is 9.93. The van der Waals surface area contributed by atoms with Crippen LogP contribution in [-0.4, -0.2) is 4.98 Å². The molecule has 0 aromatic carbocycles. The Morgan fingerprint density at radius 1 is 1.14 bits per heavy atom. The second kappa shape index (κ2) is 3.09. The number of hydrogen-bond donors (Lipinski definition) is 0. The summed E-state index contributed by atoms with van der Waals surface area (Å²) in [5, 5.41) is 0. The molecule has 72 valence electrons. The van der Waals surface area contributed by atoms with Gasteiger partial charge in [0.25, 0.3) is 0 Å². The smallest absolute Gasteiger partial charge is 0.0701 e. The van der Waals surface area contributed by atoms with Crippen LogP contribution in [0.25, 0.3) is 12.2 Å². The molecule has 0 fully saturated rings. The second-order valence-corrected chi connectivity index (χ2v) is 4.41. The first-order valence-corrected chi connectivity index (χ1v) is 4.93. The van der Waals surface area contributed by atoms with Crippen molar-refractivity contribution >= 4 is 12.2 Å². The van der Waals surface area contributed by atoms with Gasteiger partial charge in [0, 0.05) is 17.2 Å². The van der Waals surface area contributed by atoms with Crippen LogP contribution in [0.1, 0.15) is 30.7 Å². The molecular weight excluding hydrogens is 170 g/mol. The van der Waals surface area contributed by atoms with Crippen molar-refractivity contribution in [2.45, 2.75) is 20.8 Å². The number of allylic oxidation sites excluding steroid dienone is 2. The Morgan fingerprint density at radius 3 is 2.64 bits per heavy atom. The lowest BCUT2D eigenvalue weighted by Crippen LogP contribution is -2.00. The summed E-state index contributed by atoms with van der Waals surface area (Å²) in [6.45, 7) is 6.51. The summed E-state index contributed by atoms with van der Waals surface area (Å²) in [5.41, 5.74) is 3.74. The van der Waals surface area contributed by atoms with Gasteiger partial charge in [0.2, 0.25) is 0 Å². The van der Waals surface area contributed by atoms with Crippen molar-refractivity contribution in [2.24, 2.45) is 5.41 Å². The van der Waals surface area contributed by atoms with Crippen LogP contribution in [0.15, 0.2) is 24.4 Å². The highest BCUT2D eigenvalue weighted by Crippen LogP contribution is 2.27. The van der Waals surface area contributed by atoms with E-state index in [1.54, 1.807) is 0 Å². The third kappa shape index (κ3) is 1.63. The molecule has 0 aliphatic heterocycles. The predicted octanol–water partition coefficient (Wildman–Crippen LogP) is 3.46. The quantitative estimate of drug-likeness (QED) is 0.603. The average molecular weight is 185 g/mol. The molecule has 0 atom stereocenters. The van der Waals surface area contributed by atoms with Crippen molar-refractivity contribution in [3.8, 4) is 0 Å². The van der Waals surface area contributed by atoms with Crippen LogP contribution in [0.2, 0.25) is 0 Å². The van der Waals surface area contributed by atoms with E-state index in [4.69, 9.17) is 0 Å². The molecule has 2 rings (SSSR count). The van der Waals surface area contributed by atoms with E-state index < -0.39 is 0 Å². The summed E-state index contributed by atoms with van der Waals surface area (Å²) in [6.07, 6.45) is 10.6. The summed E-state index contributed by atoms with van der Waals surface area (Å²) in [7, 11) is 0. The van der Waals surface area contributed by atoms with E-state index in [1.807, 2.05) is 6.20 Å². The van der Waals surface area contributed by atoms with Gasteiger partial charge in [-0.25, -0.2) is 0 Å². The van der Waals surface area contributed by atoms with Crippen molar-refractivity contribution < 1.29 is 0 Å². The van der Waals surface area contributed by atoms with E-state index in [0.29, 0.717) is 0 Å². The Bertz CT molecular complexity index is 411. The van der Waals surface area contributed by atoms with Crippen molar-refractivity contribution in [3.05, 3.63) is 41.2 Å². The van der Waals surface area contributed by atoms with E-state index in [2.05, 4.69) is 56.1 Å². The lowest BCUT2D eigenvalue weighted by Gasteiger charge is -2.11. The maximum atomic E-state index is 4.37. The fraction of sp³-hybridized carbons (Fsp3) is 0.308. The van der Waals surface area contributed by atoms with Gasteiger partial charge in [-0.05, 0) is 24.6 Å². The Balaban J connectivity index is 2.60. The number of aryl methyl sites for hydroxylation is 1. The summed E-state index contributed by atoms with van der Waals surface area (Å²) in [5.74, 6) is 0. The average Bonchev–Trinajstić information content (AvgIpc) is 2.27. The van der Waals surface area contributed by atoms with Gasteiger partial charge in [0.05, 0.1) is 5.69 Å². The van der Waals surface area contributed by atoms with E-state index in [-0.39, 0.29) is 5.41 Å². The van der Waals surface area contributed by atoms with Crippen molar-refractivity contribution in [2.75, 3.05) is 0 Å². The number of hydrogen-bond acceptors (Lipinski definition) is 1. The Hall–Kier alpha value is -1.37. The zero-order valence-electron chi connectivity index (χ0n) is 8.91. The molecule has 1 heteroatoms. The van der Waals surface area contributed by atoms with Crippen LogP contribution in [0.3, 0.4) is 0 Å². The summed E-state index contributed by atoms with van der Waals surface area (Å²) >= 11 is 0. The van der Waals surface area contributed by atoms with Crippen molar-refractivity contribution in [1.29, 1.82) is 0 Å². The van der Waals surface area contributed by atoms with Crippen molar-refractivity contribution in [1.82, 2.24) is 4.98 Å². The van der Waals surface area contributed by atoms with E-state index in [1.165, 1.54) is 11.1 Å². The molecule has 0 saturated carbocycles. The van der Waals surface area contributed by atoms with Gasteiger partial charge in [-0.2, -0.15) is 0 Å². The minimum Gasteiger partial charge on any atom is -0.256 e. The van der Waals surface area contributed by atoms with Gasteiger partial charge in [-0.15, -0.1) is 0 Å². The largest absolute Gasteiger partial charge is 0.256 e. The van der Waals surface area contributed by atoms with Crippen LogP contribution in [0, 0.1) is 12.3 Å². The predicted molar refractivity (Wildman–Crippen MR) is 60.8 cm³/mol. The van der Waals surface area contributed by atoms with E-state index >= 15 is 0 Å². The highest BCUT2D eigenvalue weighted by molar-refractivity contribution is 5.68. The molecule has 0 amide bonds. The number of aromatic nitrogens is 1. The van der Waals surface area contributed by atoms with Gasteiger partial charge in [-0.1, -0.05) is 32.1 Å². The molecule has 0 bridgehead atoms. The molecule has 0 unspecified atom stereocenters. The number of nitrogens with zero attached hydrogens (tertiary/aromatic N) is 1. The van der Waals surface area contributed by atoms with Gasteiger partial charge < -0.3 is 0 Å². The molecule has 1 nitrogen and oxygen atoms in total. The molecule has 1 aliphatic rings. The fourth-order valence-corrected chi connectivity index (χ4v) is 1.59. The summed E-state index contributed by atoms with van der Waals surface area (Å²) in [4.78, 5) is 4.37. The molecule has 0 saturated heterocycles. The first-order chi connectivity index (χ1) is 6.58. The zero-order chi connectivity index (χ0) is 10.2. The normalized spacial score (nSPS) is 17.6. The highest BCUT2D eigenvalue weighted by atomic mass is 14.7. The Morgan fingerprint density at radius 2 is 1.86 bits per heavy atom. The number of rotatable bonds is 0. The van der Waals surface area contributed by atoms with E-state index in [9.17, 15) is 0 Å². The standard InChI is InChI=1S/C13H15N/c1-10-6-9-14-12-5-8-13(2,3)7-4-11(10)12/h4-9H,1-3H3. The van der Waals surface area contributed by atoms with Gasteiger partial charge >= 0.3 is 0 Å². The highest BCUT2D eigenvalue weighted by Gasteiger charge is 2.13. The van der Waals surface area contributed by atoms with E-state index in [0.717, 1.165) is 5.69 Å². The third-order valence-corrected chi connectivity index (χ3v) is 2.59. The second-order valence-electron chi connectivity index (χ2n) is 4.41. The summed E-state index contributed by atoms with van der Waals surface area (Å²) in [6, 6.07) is 2.05. The third-order valence-electron chi connectivity index (χ3n) is 2.59. The molecule has 1 aromatic heterocycles. The molecule has 1 aliphatic carbocycles. The van der Waals surface area contributed by atoms with Gasteiger partial charge in [-0.3, -0.25) is 4.98 Å². The van der Waals surface area contributed by atoms with Crippen molar-refractivity contribution in [3.63, 3.8) is 0 Å². The van der Waals surface area contributed by atoms with Crippen LogP contribution in [-0.2, 0) is 0 Å². The monoisotopic (exact) mass is 185 g/mol. The molecule has 0 radical (unpaired) electrons. The fourth-order valence-electron chi connectivity index (χ4n) is 1.59. The molecule has 0 N–H and O–H groups in total. The minimum absolute atomic E-state index is 0.132. The van der Waals surface area contributed by atoms with Crippen LogP contribution in [0.5, 0.6) is 0 Å². The Labute approximate surface area is 85.2 Å². The lowest BCUT2D eigenvalue weighted by molar-refractivity contribution is 0.633. The van der Waals surface area contributed by atoms with Gasteiger partial charge in [0.15, 0.2) is 0 Å². The maximum Gasteiger partial charge on any atom is 0.0701 e. The molecule has 1 heterocycles. The SMILES string of the molecule is Cc1ccnc2c1C=CC(C)(C)C=C2. The maximum absolute atomic E-state index is 4.37. The first kappa shape index (κ1) is 9.20. The Kier molecular flexibility index (Phi) is 2.03. The molecule has 14 heavy (non-hydrogen) atoms. The minimum atomic E-state index is 0.132. The first-order valence-electron chi connectivity index (χ1n) is 4.93. The number of fused-ring (bicyclic) bond motifs is 1. The van der Waals surface area contributed by atoms with Crippen LogP contribution in [0.4, 0.5) is 0 Å². The number of pyridine rings is 1. The molecule has 0 spiro atoms. The summed E-state index contributed by atoms with van der Waals surface area (Å²) < 4.78 is 0.